The molecule has 0 saturated carbocycles. The summed E-state index contributed by atoms with van der Waals surface area (Å²) in [7, 11) is 0. The minimum atomic E-state index is 0.200. The monoisotopic (exact) mass is 248 g/mol. The van der Waals surface area contributed by atoms with E-state index in [4.69, 9.17) is 0 Å². The SMILES string of the molecule is CC(C)(C)NCC1CCCN(c2ncccn2)C1. The first-order chi connectivity index (χ1) is 8.54. The summed E-state index contributed by atoms with van der Waals surface area (Å²) in [4.78, 5) is 11.0. The van der Waals surface area contributed by atoms with Gasteiger partial charge >= 0.3 is 0 Å². The van der Waals surface area contributed by atoms with Crippen LogP contribution in [-0.2, 0) is 0 Å². The van der Waals surface area contributed by atoms with Gasteiger partial charge in [0.1, 0.15) is 0 Å². The summed E-state index contributed by atoms with van der Waals surface area (Å²) >= 11 is 0. The fourth-order valence-electron chi connectivity index (χ4n) is 2.32. The summed E-state index contributed by atoms with van der Waals surface area (Å²) in [6, 6.07) is 1.87. The quantitative estimate of drug-likeness (QED) is 0.889. The lowest BCUT2D eigenvalue weighted by Gasteiger charge is -2.34. The second-order valence-corrected chi connectivity index (χ2v) is 6.13. The van der Waals surface area contributed by atoms with Crippen molar-refractivity contribution < 1.29 is 0 Å². The van der Waals surface area contributed by atoms with E-state index in [1.54, 1.807) is 0 Å². The summed E-state index contributed by atoms with van der Waals surface area (Å²) in [6.07, 6.45) is 6.17. The molecule has 1 fully saturated rings. The number of rotatable bonds is 3. The number of aromatic nitrogens is 2. The minimum Gasteiger partial charge on any atom is -0.341 e. The second-order valence-electron chi connectivity index (χ2n) is 6.13. The predicted molar refractivity (Wildman–Crippen MR) is 74.7 cm³/mol. The molecule has 0 aliphatic carbocycles. The van der Waals surface area contributed by atoms with Crippen molar-refractivity contribution in [1.29, 1.82) is 0 Å². The molecular weight excluding hydrogens is 224 g/mol. The summed E-state index contributed by atoms with van der Waals surface area (Å²) in [6.45, 7) is 9.87. The van der Waals surface area contributed by atoms with E-state index in [0.717, 1.165) is 25.6 Å². The van der Waals surface area contributed by atoms with Gasteiger partial charge in [0.05, 0.1) is 0 Å². The Morgan fingerprint density at radius 1 is 1.33 bits per heavy atom. The van der Waals surface area contributed by atoms with Gasteiger partial charge in [-0.15, -0.1) is 0 Å². The van der Waals surface area contributed by atoms with Gasteiger partial charge in [0.15, 0.2) is 0 Å². The van der Waals surface area contributed by atoms with E-state index in [9.17, 15) is 0 Å². The molecule has 4 nitrogen and oxygen atoms in total. The van der Waals surface area contributed by atoms with Crippen molar-refractivity contribution in [3.8, 4) is 0 Å². The van der Waals surface area contributed by atoms with Crippen LogP contribution in [0.1, 0.15) is 33.6 Å². The average molecular weight is 248 g/mol. The van der Waals surface area contributed by atoms with Gasteiger partial charge in [-0.3, -0.25) is 0 Å². The van der Waals surface area contributed by atoms with Crippen molar-refractivity contribution in [3.05, 3.63) is 18.5 Å². The third-order valence-electron chi connectivity index (χ3n) is 3.28. The van der Waals surface area contributed by atoms with Crippen LogP contribution in [0, 0.1) is 5.92 Å². The Labute approximate surface area is 110 Å². The van der Waals surface area contributed by atoms with E-state index in [2.05, 4.69) is 41.0 Å². The molecule has 4 heteroatoms. The minimum absolute atomic E-state index is 0.200. The third-order valence-corrected chi connectivity index (χ3v) is 3.28. The van der Waals surface area contributed by atoms with Crippen LogP contribution in [0.15, 0.2) is 18.5 Å². The van der Waals surface area contributed by atoms with Crippen LogP contribution in [0.2, 0.25) is 0 Å². The summed E-state index contributed by atoms with van der Waals surface area (Å²) in [5, 5.41) is 3.60. The molecule has 1 aromatic rings. The fraction of sp³-hybridized carbons (Fsp3) is 0.714. The topological polar surface area (TPSA) is 41.0 Å². The normalized spacial score (nSPS) is 21.1. The molecule has 0 bridgehead atoms. The summed E-state index contributed by atoms with van der Waals surface area (Å²) in [5.74, 6) is 1.57. The van der Waals surface area contributed by atoms with Crippen molar-refractivity contribution in [3.63, 3.8) is 0 Å². The van der Waals surface area contributed by atoms with E-state index < -0.39 is 0 Å². The van der Waals surface area contributed by atoms with Crippen LogP contribution >= 0.6 is 0 Å². The van der Waals surface area contributed by atoms with Gasteiger partial charge in [0, 0.05) is 37.6 Å². The molecule has 0 spiro atoms. The maximum absolute atomic E-state index is 4.34. The van der Waals surface area contributed by atoms with E-state index in [0.29, 0.717) is 5.92 Å². The summed E-state index contributed by atoms with van der Waals surface area (Å²) in [5.41, 5.74) is 0.200. The number of nitrogens with zero attached hydrogens (tertiary/aromatic N) is 3. The lowest BCUT2D eigenvalue weighted by atomic mass is 9.97. The zero-order valence-corrected chi connectivity index (χ0v) is 11.7. The molecule has 2 heterocycles. The number of nitrogens with one attached hydrogen (secondary N) is 1. The second kappa shape index (κ2) is 5.65. The van der Waals surface area contributed by atoms with Crippen molar-refractivity contribution in [1.82, 2.24) is 15.3 Å². The van der Waals surface area contributed by atoms with Crippen LogP contribution < -0.4 is 10.2 Å². The van der Waals surface area contributed by atoms with Gasteiger partial charge in [-0.1, -0.05) is 0 Å². The van der Waals surface area contributed by atoms with Gasteiger partial charge in [-0.2, -0.15) is 0 Å². The van der Waals surface area contributed by atoms with Crippen molar-refractivity contribution in [2.45, 2.75) is 39.2 Å². The van der Waals surface area contributed by atoms with Crippen LogP contribution in [0.25, 0.3) is 0 Å². The smallest absolute Gasteiger partial charge is 0.225 e. The number of hydrogen-bond donors (Lipinski definition) is 1. The van der Waals surface area contributed by atoms with Crippen LogP contribution in [-0.4, -0.2) is 35.1 Å². The Hall–Kier alpha value is -1.16. The Bertz CT molecular complexity index is 358. The predicted octanol–water partition coefficient (Wildman–Crippen LogP) is 2.08. The largest absolute Gasteiger partial charge is 0.341 e. The first-order valence-electron chi connectivity index (χ1n) is 6.81. The zero-order chi connectivity index (χ0) is 13.0. The first-order valence-corrected chi connectivity index (χ1v) is 6.81. The first kappa shape index (κ1) is 13.3. The molecule has 0 amide bonds. The molecular formula is C14H24N4. The highest BCUT2D eigenvalue weighted by Gasteiger charge is 2.22. The Morgan fingerprint density at radius 2 is 2.06 bits per heavy atom. The maximum Gasteiger partial charge on any atom is 0.225 e. The molecule has 1 aromatic heterocycles. The molecule has 100 valence electrons. The Kier molecular flexibility index (Phi) is 4.17. The third kappa shape index (κ3) is 3.95. The highest BCUT2D eigenvalue weighted by atomic mass is 15.3. The molecule has 1 aliphatic heterocycles. The fourth-order valence-corrected chi connectivity index (χ4v) is 2.32. The standard InChI is InChI=1S/C14H24N4/c1-14(2,3)17-10-12-6-4-9-18(11-12)13-15-7-5-8-16-13/h5,7-8,12,17H,4,6,9-11H2,1-3H3. The molecule has 1 atom stereocenters. The average Bonchev–Trinajstić information content (AvgIpc) is 2.37. The molecule has 1 N–H and O–H groups in total. The highest BCUT2D eigenvalue weighted by Crippen LogP contribution is 2.19. The van der Waals surface area contributed by atoms with Gasteiger partial charge < -0.3 is 10.2 Å². The molecule has 0 radical (unpaired) electrons. The van der Waals surface area contributed by atoms with E-state index >= 15 is 0 Å². The summed E-state index contributed by atoms with van der Waals surface area (Å²) < 4.78 is 0. The van der Waals surface area contributed by atoms with Crippen molar-refractivity contribution in [2.75, 3.05) is 24.5 Å². The molecule has 18 heavy (non-hydrogen) atoms. The lowest BCUT2D eigenvalue weighted by molar-refractivity contribution is 0.334. The van der Waals surface area contributed by atoms with Gasteiger partial charge in [0.2, 0.25) is 5.95 Å². The maximum atomic E-state index is 4.34. The van der Waals surface area contributed by atoms with E-state index in [1.807, 2.05) is 18.5 Å². The zero-order valence-electron chi connectivity index (χ0n) is 11.7. The number of piperidine rings is 1. The van der Waals surface area contributed by atoms with Crippen LogP contribution in [0.3, 0.4) is 0 Å². The van der Waals surface area contributed by atoms with Gasteiger partial charge in [-0.25, -0.2) is 9.97 Å². The molecule has 1 unspecified atom stereocenters. The molecule has 1 aliphatic rings. The highest BCUT2D eigenvalue weighted by molar-refractivity contribution is 5.29. The van der Waals surface area contributed by atoms with Gasteiger partial charge in [-0.05, 0) is 45.6 Å². The Balaban J connectivity index is 1.89. The lowest BCUT2D eigenvalue weighted by Crippen LogP contribution is -2.45. The van der Waals surface area contributed by atoms with E-state index in [-0.39, 0.29) is 5.54 Å². The van der Waals surface area contributed by atoms with Crippen molar-refractivity contribution in [2.24, 2.45) is 5.92 Å². The van der Waals surface area contributed by atoms with Crippen molar-refractivity contribution >= 4 is 5.95 Å². The van der Waals surface area contributed by atoms with Gasteiger partial charge in [0.25, 0.3) is 0 Å². The van der Waals surface area contributed by atoms with Crippen LogP contribution in [0.5, 0.6) is 0 Å². The number of hydrogen-bond acceptors (Lipinski definition) is 4. The molecule has 1 saturated heterocycles. The molecule has 0 aromatic carbocycles. The van der Waals surface area contributed by atoms with Crippen LogP contribution in [0.4, 0.5) is 5.95 Å². The molecule has 2 rings (SSSR count). The Morgan fingerprint density at radius 3 is 2.72 bits per heavy atom. The number of anilines is 1. The van der Waals surface area contributed by atoms with E-state index in [1.165, 1.54) is 12.8 Å².